The molecule has 1 aromatic carbocycles. The molecule has 1 aromatic heterocycles. The van der Waals surface area contributed by atoms with Crippen molar-refractivity contribution >= 4 is 27.6 Å². The lowest BCUT2D eigenvalue weighted by Gasteiger charge is -2.23. The van der Waals surface area contributed by atoms with E-state index in [1.165, 1.54) is 36.5 Å². The summed E-state index contributed by atoms with van der Waals surface area (Å²) in [5.74, 6) is -1.61. The van der Waals surface area contributed by atoms with E-state index >= 15 is 0 Å². The Labute approximate surface area is 215 Å². The number of carbonyl (C=O) groups is 3. The van der Waals surface area contributed by atoms with Crippen LogP contribution in [0.4, 0.5) is 4.39 Å². The summed E-state index contributed by atoms with van der Waals surface area (Å²) in [4.78, 5) is 42.3. The Morgan fingerprint density at radius 3 is 2.57 bits per heavy atom. The minimum absolute atomic E-state index is 0.0536. The van der Waals surface area contributed by atoms with Crippen molar-refractivity contribution in [1.29, 1.82) is 0 Å². The van der Waals surface area contributed by atoms with Crippen LogP contribution in [0.2, 0.25) is 0 Å². The summed E-state index contributed by atoms with van der Waals surface area (Å²) < 4.78 is 45.2. The van der Waals surface area contributed by atoms with Crippen LogP contribution >= 0.6 is 0 Å². The van der Waals surface area contributed by atoms with Gasteiger partial charge in [0.2, 0.25) is 5.91 Å². The van der Waals surface area contributed by atoms with E-state index in [2.05, 4.69) is 15.6 Å². The molecule has 2 atom stereocenters. The van der Waals surface area contributed by atoms with E-state index in [9.17, 15) is 27.2 Å². The highest BCUT2D eigenvalue weighted by Crippen LogP contribution is 2.18. The van der Waals surface area contributed by atoms with Crippen LogP contribution in [-0.4, -0.2) is 67.1 Å². The average molecular weight is 535 g/mol. The lowest BCUT2D eigenvalue weighted by atomic mass is 10.0. The van der Waals surface area contributed by atoms with Crippen molar-refractivity contribution in [2.45, 2.75) is 50.2 Å². The van der Waals surface area contributed by atoms with Crippen molar-refractivity contribution in [3.8, 4) is 5.75 Å². The van der Waals surface area contributed by atoms with Gasteiger partial charge in [0.15, 0.2) is 17.4 Å². The molecule has 1 aliphatic heterocycles. The van der Waals surface area contributed by atoms with Gasteiger partial charge in [0.05, 0.1) is 12.6 Å². The molecule has 3 rings (SSSR count). The van der Waals surface area contributed by atoms with E-state index in [4.69, 9.17) is 4.74 Å². The van der Waals surface area contributed by atoms with Gasteiger partial charge in [-0.25, -0.2) is 17.8 Å². The summed E-state index contributed by atoms with van der Waals surface area (Å²) in [6, 6.07) is 7.88. The fourth-order valence-electron chi connectivity index (χ4n) is 3.88. The summed E-state index contributed by atoms with van der Waals surface area (Å²) in [7, 11) is -3.95. The smallest absolute Gasteiger partial charge is 0.260 e. The molecule has 10 nitrogen and oxygen atoms in total. The molecule has 0 aliphatic carbocycles. The minimum Gasteiger partial charge on any atom is -0.484 e. The van der Waals surface area contributed by atoms with E-state index in [-0.39, 0.29) is 30.5 Å². The van der Waals surface area contributed by atoms with Gasteiger partial charge in [-0.15, -0.1) is 0 Å². The molecule has 2 heterocycles. The molecular formula is C25H31FN4O6S. The van der Waals surface area contributed by atoms with Crippen molar-refractivity contribution < 1.29 is 31.9 Å². The highest BCUT2D eigenvalue weighted by Gasteiger charge is 2.34. The van der Waals surface area contributed by atoms with Crippen LogP contribution in [0.25, 0.3) is 0 Å². The maximum absolute atomic E-state index is 13.0. The molecule has 0 spiro atoms. The first-order chi connectivity index (χ1) is 17.6. The molecule has 37 heavy (non-hydrogen) atoms. The van der Waals surface area contributed by atoms with Crippen molar-refractivity contribution in [1.82, 2.24) is 19.9 Å². The first-order valence-corrected chi connectivity index (χ1v) is 13.4. The van der Waals surface area contributed by atoms with Crippen LogP contribution < -0.4 is 15.4 Å². The van der Waals surface area contributed by atoms with Crippen LogP contribution in [0.5, 0.6) is 5.75 Å². The highest BCUT2D eigenvalue weighted by molar-refractivity contribution is 7.89. The number of nitrogens with one attached hydrogen (secondary N) is 2. The van der Waals surface area contributed by atoms with Crippen LogP contribution in [0, 0.1) is 11.7 Å². The van der Waals surface area contributed by atoms with Gasteiger partial charge >= 0.3 is 0 Å². The van der Waals surface area contributed by atoms with Gasteiger partial charge in [-0.05, 0) is 61.6 Å². The van der Waals surface area contributed by atoms with Gasteiger partial charge in [0.1, 0.15) is 17.6 Å². The Kier molecular flexibility index (Phi) is 9.70. The molecular weight excluding hydrogens is 503 g/mol. The predicted octanol–water partition coefficient (Wildman–Crippen LogP) is 1.67. The molecule has 1 aliphatic rings. The lowest BCUT2D eigenvalue weighted by molar-refractivity contribution is -0.132. The summed E-state index contributed by atoms with van der Waals surface area (Å²) in [6.07, 6.45) is 2.29. The topological polar surface area (TPSA) is 135 Å². The number of sulfonamides is 1. The zero-order valence-electron chi connectivity index (χ0n) is 20.7. The number of halogens is 1. The molecule has 2 N–H and O–H groups in total. The number of aromatic nitrogens is 1. The van der Waals surface area contributed by atoms with Gasteiger partial charge in [-0.1, -0.05) is 19.9 Å². The minimum atomic E-state index is -3.95. The standard InChI is InChI=1S/C25H31FN4O6S/c1-17(2)14-21(28-23(32)16-36-19-10-8-18(26)9-11-19)25(33)29-20-6-5-13-30(15-22(20)31)37(34,35)24-7-3-4-12-27-24/h3-4,7-12,17,20-21H,5-6,13-16H2,1-2H3,(H,28,32)(H,29,33)/t20-,21-/m1/s1. The Balaban J connectivity index is 1.60. The third-order valence-corrected chi connectivity index (χ3v) is 7.48. The maximum atomic E-state index is 13.0. The van der Waals surface area contributed by atoms with Crippen LogP contribution in [-0.2, 0) is 24.4 Å². The van der Waals surface area contributed by atoms with Crippen molar-refractivity contribution in [3.05, 3.63) is 54.5 Å². The molecule has 12 heteroatoms. The van der Waals surface area contributed by atoms with E-state index < -0.39 is 52.1 Å². The van der Waals surface area contributed by atoms with Crippen molar-refractivity contribution in [2.24, 2.45) is 5.92 Å². The number of carbonyl (C=O) groups excluding carboxylic acids is 3. The maximum Gasteiger partial charge on any atom is 0.260 e. The Bertz CT molecular complexity index is 1190. The molecule has 1 saturated heterocycles. The number of benzene rings is 1. The van der Waals surface area contributed by atoms with E-state index in [1.54, 1.807) is 12.1 Å². The predicted molar refractivity (Wildman–Crippen MR) is 132 cm³/mol. The van der Waals surface area contributed by atoms with Crippen molar-refractivity contribution in [2.75, 3.05) is 19.7 Å². The average Bonchev–Trinajstić information content (AvgIpc) is 3.05. The Morgan fingerprint density at radius 1 is 1.19 bits per heavy atom. The highest BCUT2D eigenvalue weighted by atomic mass is 32.2. The largest absolute Gasteiger partial charge is 0.484 e. The Morgan fingerprint density at radius 2 is 1.92 bits per heavy atom. The van der Waals surface area contributed by atoms with E-state index in [1.807, 2.05) is 13.8 Å². The number of hydrogen-bond donors (Lipinski definition) is 2. The number of ketones is 1. The molecule has 0 saturated carbocycles. The second-order valence-electron chi connectivity index (χ2n) is 9.17. The summed E-state index contributed by atoms with van der Waals surface area (Å²) in [5, 5.41) is 5.17. The Hall–Kier alpha value is -3.38. The first kappa shape index (κ1) is 28.2. The summed E-state index contributed by atoms with van der Waals surface area (Å²) in [5.41, 5.74) is 0. The van der Waals surface area contributed by atoms with Gasteiger partial charge in [0.25, 0.3) is 15.9 Å². The molecule has 1 fully saturated rings. The number of nitrogens with zero attached hydrogens (tertiary/aromatic N) is 2. The molecule has 0 bridgehead atoms. The number of hydrogen-bond acceptors (Lipinski definition) is 7. The van der Waals surface area contributed by atoms with Crippen LogP contribution in [0.3, 0.4) is 0 Å². The quantitative estimate of drug-likeness (QED) is 0.473. The number of ether oxygens (including phenoxy) is 1. The zero-order valence-corrected chi connectivity index (χ0v) is 21.5. The molecule has 2 aromatic rings. The van der Waals surface area contributed by atoms with E-state index in [0.717, 1.165) is 4.31 Å². The molecule has 0 radical (unpaired) electrons. The fourth-order valence-corrected chi connectivity index (χ4v) is 5.25. The molecule has 200 valence electrons. The number of pyridine rings is 1. The van der Waals surface area contributed by atoms with Gasteiger partial charge < -0.3 is 15.4 Å². The first-order valence-electron chi connectivity index (χ1n) is 12.0. The number of amides is 2. The van der Waals surface area contributed by atoms with Crippen LogP contribution in [0.1, 0.15) is 33.1 Å². The van der Waals surface area contributed by atoms with Gasteiger partial charge in [-0.3, -0.25) is 14.4 Å². The normalized spacial score (nSPS) is 17.6. The third kappa shape index (κ3) is 8.05. The van der Waals surface area contributed by atoms with E-state index in [0.29, 0.717) is 18.6 Å². The van der Waals surface area contributed by atoms with Crippen LogP contribution in [0.15, 0.2) is 53.7 Å². The summed E-state index contributed by atoms with van der Waals surface area (Å²) >= 11 is 0. The second kappa shape index (κ2) is 12.7. The second-order valence-corrected chi connectivity index (χ2v) is 11.1. The number of rotatable bonds is 10. The molecule has 2 amide bonds. The lowest BCUT2D eigenvalue weighted by Crippen LogP contribution is -2.53. The van der Waals surface area contributed by atoms with Gasteiger partial charge in [0, 0.05) is 12.7 Å². The SMILES string of the molecule is CC(C)C[C@@H](NC(=O)COc1ccc(F)cc1)C(=O)N[C@@H]1CCCN(S(=O)(=O)c2ccccn2)CC1=O. The zero-order chi connectivity index (χ0) is 27.0. The third-order valence-electron chi connectivity index (χ3n) is 5.72. The fraction of sp³-hybridized carbons (Fsp3) is 0.440. The number of Topliss-reactive ketones (excluding diaryl/α,β-unsaturated/α-hetero) is 1. The monoisotopic (exact) mass is 534 g/mol. The van der Waals surface area contributed by atoms with Gasteiger partial charge in [-0.2, -0.15) is 4.31 Å². The van der Waals surface area contributed by atoms with Crippen molar-refractivity contribution in [3.63, 3.8) is 0 Å². The summed E-state index contributed by atoms with van der Waals surface area (Å²) in [6.45, 7) is 3.12. The molecule has 0 unspecified atom stereocenters.